The molecule has 3 amide bonds. The molecule has 0 spiro atoms. The summed E-state index contributed by atoms with van der Waals surface area (Å²) in [6.45, 7) is 1.55. The quantitative estimate of drug-likeness (QED) is 0.525. The van der Waals surface area contributed by atoms with E-state index in [1.807, 2.05) is 0 Å². The number of pyridine rings is 1. The predicted octanol–water partition coefficient (Wildman–Crippen LogP) is 2.51. The number of nitrogens with zero attached hydrogens (tertiary/aromatic N) is 5. The molecule has 1 aliphatic heterocycles. The molecule has 1 saturated carbocycles. The Morgan fingerprint density at radius 3 is 2.79 bits per heavy atom. The van der Waals surface area contributed by atoms with Crippen LogP contribution in [-0.2, 0) is 16.1 Å². The molecule has 9 nitrogen and oxygen atoms in total. The summed E-state index contributed by atoms with van der Waals surface area (Å²) in [5.74, 6) is -1.69. The van der Waals surface area contributed by atoms with Crippen LogP contribution in [0, 0.1) is 12.8 Å². The van der Waals surface area contributed by atoms with Gasteiger partial charge in [0, 0.05) is 21.6 Å². The highest BCUT2D eigenvalue weighted by Gasteiger charge is 2.57. The molecule has 1 aliphatic carbocycles. The Balaban J connectivity index is 1.41. The van der Waals surface area contributed by atoms with Gasteiger partial charge in [-0.05, 0) is 49.9 Å². The van der Waals surface area contributed by atoms with E-state index in [9.17, 15) is 18.9 Å². The summed E-state index contributed by atoms with van der Waals surface area (Å²) in [6, 6.07) is 7.03. The molecule has 3 aromatic rings. The van der Waals surface area contributed by atoms with Crippen molar-refractivity contribution in [3.05, 3.63) is 52.4 Å². The van der Waals surface area contributed by atoms with Gasteiger partial charge in [0.1, 0.15) is 12.6 Å². The van der Waals surface area contributed by atoms with Crippen molar-refractivity contribution in [3.63, 3.8) is 0 Å². The number of hydrogen-bond acceptors (Lipinski definition) is 5. The summed E-state index contributed by atoms with van der Waals surface area (Å²) in [7, 11) is 0. The van der Waals surface area contributed by atoms with Crippen molar-refractivity contribution in [1.29, 1.82) is 0 Å². The number of nitrogens with two attached hydrogens (primary N) is 1. The maximum atomic E-state index is 15.0. The van der Waals surface area contributed by atoms with Crippen LogP contribution in [-0.4, -0.2) is 49.5 Å². The SMILES string of the molecule is Cc1cc2c(C(N)=O)nn(CC(=O)N3[C@@H]4C[C@@H]4C[C@H]3C(=O)N(F)c3cccc(Br)c3)c2cn1. The second-order valence-corrected chi connectivity index (χ2v) is 9.34. The van der Waals surface area contributed by atoms with E-state index in [1.165, 1.54) is 27.9 Å². The molecule has 2 fully saturated rings. The second-order valence-electron chi connectivity index (χ2n) is 8.43. The molecule has 2 N–H and O–H groups in total. The fraction of sp³-hybridized carbons (Fsp3) is 0.318. The lowest BCUT2D eigenvalue weighted by molar-refractivity contribution is -0.140. The van der Waals surface area contributed by atoms with Crippen molar-refractivity contribution in [2.75, 3.05) is 5.12 Å². The third-order valence-electron chi connectivity index (χ3n) is 6.20. The van der Waals surface area contributed by atoms with Crippen LogP contribution in [0.2, 0.25) is 0 Å². The molecule has 0 unspecified atom stereocenters. The number of carbonyl (C=O) groups is 3. The average Bonchev–Trinajstić information content (AvgIpc) is 3.29. The van der Waals surface area contributed by atoms with Crippen molar-refractivity contribution >= 4 is 50.2 Å². The molecule has 3 heterocycles. The van der Waals surface area contributed by atoms with Gasteiger partial charge >= 0.3 is 0 Å². The van der Waals surface area contributed by atoms with Gasteiger partial charge in [0.05, 0.1) is 17.4 Å². The first-order valence-electron chi connectivity index (χ1n) is 10.4. The van der Waals surface area contributed by atoms with E-state index >= 15 is 0 Å². The fourth-order valence-corrected chi connectivity index (χ4v) is 4.97. The summed E-state index contributed by atoms with van der Waals surface area (Å²) in [5.41, 5.74) is 6.76. The third kappa shape index (κ3) is 3.75. The van der Waals surface area contributed by atoms with Gasteiger partial charge in [-0.25, -0.2) is 0 Å². The Labute approximate surface area is 196 Å². The summed E-state index contributed by atoms with van der Waals surface area (Å²) in [5, 5.41) is 4.83. The Bertz CT molecular complexity index is 1310. The van der Waals surface area contributed by atoms with Crippen LogP contribution in [0.4, 0.5) is 10.2 Å². The first-order valence-corrected chi connectivity index (χ1v) is 11.2. The van der Waals surface area contributed by atoms with Crippen LogP contribution >= 0.6 is 15.9 Å². The lowest BCUT2D eigenvalue weighted by Crippen LogP contribution is -2.48. The maximum Gasteiger partial charge on any atom is 0.277 e. The van der Waals surface area contributed by atoms with Crippen LogP contribution < -0.4 is 10.9 Å². The summed E-state index contributed by atoms with van der Waals surface area (Å²) < 4.78 is 17.0. The van der Waals surface area contributed by atoms with Crippen molar-refractivity contribution in [1.82, 2.24) is 19.7 Å². The Morgan fingerprint density at radius 1 is 1.27 bits per heavy atom. The molecule has 0 bridgehead atoms. The number of anilines is 1. The monoisotopic (exact) mass is 514 g/mol. The minimum Gasteiger partial charge on any atom is -0.364 e. The number of rotatable bonds is 5. The number of aryl methyl sites for hydroxylation is 1. The van der Waals surface area contributed by atoms with E-state index in [1.54, 1.807) is 25.1 Å². The Morgan fingerprint density at radius 2 is 2.06 bits per heavy atom. The third-order valence-corrected chi connectivity index (χ3v) is 6.69. The standard InChI is InChI=1S/C22H20BrFN6O3/c1-11-5-15-18(9-26-11)28(27-20(15)21(25)32)10-19(31)29-16-6-12(16)7-17(29)22(33)30(24)14-4-2-3-13(23)8-14/h2-5,8-9,12,16-17H,6-7,10H2,1H3,(H2,25,32)/t12-,16-,17+/m1/s1. The highest BCUT2D eigenvalue weighted by Crippen LogP contribution is 2.48. The van der Waals surface area contributed by atoms with Gasteiger partial charge in [-0.1, -0.05) is 26.5 Å². The molecule has 2 aromatic heterocycles. The topological polar surface area (TPSA) is 114 Å². The van der Waals surface area contributed by atoms with E-state index in [4.69, 9.17) is 5.73 Å². The molecular weight excluding hydrogens is 495 g/mol. The molecule has 1 aromatic carbocycles. The average molecular weight is 515 g/mol. The number of carbonyl (C=O) groups excluding carboxylic acids is 3. The molecular formula is C22H20BrFN6O3. The summed E-state index contributed by atoms with van der Waals surface area (Å²) in [6.07, 6.45) is 2.73. The molecule has 1 saturated heterocycles. The number of fused-ring (bicyclic) bond motifs is 2. The minimum absolute atomic E-state index is 0.0474. The number of aromatic nitrogens is 3. The molecule has 2 aliphatic rings. The first-order chi connectivity index (χ1) is 15.7. The van der Waals surface area contributed by atoms with Crippen LogP contribution in [0.15, 0.2) is 41.0 Å². The van der Waals surface area contributed by atoms with Gasteiger partial charge in [0.15, 0.2) is 5.69 Å². The Kier molecular flexibility index (Phi) is 5.15. The van der Waals surface area contributed by atoms with Gasteiger partial charge in [-0.3, -0.25) is 24.0 Å². The zero-order chi connectivity index (χ0) is 23.4. The van der Waals surface area contributed by atoms with E-state index < -0.39 is 17.9 Å². The van der Waals surface area contributed by atoms with Gasteiger partial charge in [-0.2, -0.15) is 5.10 Å². The Hall–Kier alpha value is -3.34. The lowest BCUT2D eigenvalue weighted by atomic mass is 10.1. The minimum atomic E-state index is -0.900. The zero-order valence-corrected chi connectivity index (χ0v) is 19.2. The lowest BCUT2D eigenvalue weighted by Gasteiger charge is -2.28. The van der Waals surface area contributed by atoms with Crippen LogP contribution in [0.5, 0.6) is 0 Å². The number of primary amides is 1. The van der Waals surface area contributed by atoms with E-state index in [2.05, 4.69) is 26.0 Å². The van der Waals surface area contributed by atoms with Gasteiger partial charge in [-0.15, -0.1) is 5.12 Å². The molecule has 33 heavy (non-hydrogen) atoms. The first kappa shape index (κ1) is 21.5. The highest BCUT2D eigenvalue weighted by atomic mass is 79.9. The number of piperidine rings is 1. The number of likely N-dealkylation sites (tertiary alicyclic amines) is 1. The maximum absolute atomic E-state index is 15.0. The number of halogens is 2. The number of hydrogen-bond donors (Lipinski definition) is 1. The normalized spacial score (nSPS) is 21.2. The molecule has 0 radical (unpaired) electrons. The highest BCUT2D eigenvalue weighted by molar-refractivity contribution is 9.10. The van der Waals surface area contributed by atoms with E-state index in [0.29, 0.717) is 27.5 Å². The second kappa shape index (κ2) is 7.91. The van der Waals surface area contributed by atoms with E-state index in [0.717, 1.165) is 6.42 Å². The van der Waals surface area contributed by atoms with Gasteiger partial charge in [0.25, 0.3) is 11.8 Å². The van der Waals surface area contributed by atoms with Crippen molar-refractivity contribution < 1.29 is 18.9 Å². The van der Waals surface area contributed by atoms with Crippen molar-refractivity contribution in [2.24, 2.45) is 11.7 Å². The molecule has 11 heteroatoms. The predicted molar refractivity (Wildman–Crippen MR) is 121 cm³/mol. The van der Waals surface area contributed by atoms with E-state index in [-0.39, 0.29) is 40.9 Å². The summed E-state index contributed by atoms with van der Waals surface area (Å²) in [4.78, 5) is 43.8. The fourth-order valence-electron chi connectivity index (χ4n) is 4.58. The molecule has 5 rings (SSSR count). The van der Waals surface area contributed by atoms with Gasteiger partial charge in [0.2, 0.25) is 5.91 Å². The summed E-state index contributed by atoms with van der Waals surface area (Å²) >= 11 is 3.27. The molecule has 170 valence electrons. The molecule has 3 atom stereocenters. The number of benzene rings is 1. The van der Waals surface area contributed by atoms with Crippen molar-refractivity contribution in [3.8, 4) is 0 Å². The van der Waals surface area contributed by atoms with Crippen LogP contribution in [0.1, 0.15) is 29.0 Å². The zero-order valence-electron chi connectivity index (χ0n) is 17.6. The smallest absolute Gasteiger partial charge is 0.277 e. The van der Waals surface area contributed by atoms with Crippen LogP contribution in [0.3, 0.4) is 0 Å². The number of amides is 3. The largest absolute Gasteiger partial charge is 0.364 e. The van der Waals surface area contributed by atoms with Gasteiger partial charge < -0.3 is 10.6 Å². The van der Waals surface area contributed by atoms with Crippen LogP contribution in [0.25, 0.3) is 10.9 Å². The van der Waals surface area contributed by atoms with Crippen molar-refractivity contribution in [2.45, 2.75) is 38.4 Å².